The Morgan fingerprint density at radius 3 is 2.77 bits per heavy atom. The third-order valence-corrected chi connectivity index (χ3v) is 7.21. The van der Waals surface area contributed by atoms with E-state index < -0.39 is 0 Å². The van der Waals surface area contributed by atoms with Gasteiger partial charge in [0.25, 0.3) is 0 Å². The number of nitrogens with one attached hydrogen (secondary N) is 1. The summed E-state index contributed by atoms with van der Waals surface area (Å²) < 4.78 is 2.52. The van der Waals surface area contributed by atoms with E-state index in [1.54, 1.807) is 4.52 Å². The van der Waals surface area contributed by atoms with Crippen LogP contribution in [0.25, 0.3) is 27.7 Å². The van der Waals surface area contributed by atoms with Crippen molar-refractivity contribution in [1.82, 2.24) is 29.8 Å². The number of anilines is 1. The first-order valence-corrected chi connectivity index (χ1v) is 11.4. The molecule has 0 bridgehead atoms. The van der Waals surface area contributed by atoms with Crippen LogP contribution >= 0.6 is 28.1 Å². The van der Waals surface area contributed by atoms with Gasteiger partial charge in [0.15, 0.2) is 10.8 Å². The zero-order valence-electron chi connectivity index (χ0n) is 17.0. The molecule has 0 atom stereocenters. The van der Waals surface area contributed by atoms with Gasteiger partial charge < -0.3 is 16.0 Å². The number of thiocarbonyl (C=S) groups is 1. The van der Waals surface area contributed by atoms with Gasteiger partial charge in [-0.2, -0.15) is 9.61 Å². The van der Waals surface area contributed by atoms with Crippen LogP contribution in [0.4, 0.5) is 5.82 Å². The highest BCUT2D eigenvalue weighted by molar-refractivity contribution is 9.10. The number of pyridine rings is 1. The number of rotatable bonds is 2. The molecule has 1 aromatic carbocycles. The number of hydrogen-bond acceptors (Lipinski definition) is 5. The molecule has 158 valence electrons. The van der Waals surface area contributed by atoms with Crippen molar-refractivity contribution in [3.8, 4) is 11.1 Å². The fourth-order valence-corrected chi connectivity index (χ4v) is 4.98. The lowest BCUT2D eigenvalue weighted by Crippen LogP contribution is -2.42. The maximum absolute atomic E-state index is 6.46. The number of benzene rings is 1. The quantitative estimate of drug-likeness (QED) is 0.407. The summed E-state index contributed by atoms with van der Waals surface area (Å²) in [4.78, 5) is 11.8. The van der Waals surface area contributed by atoms with Gasteiger partial charge in [-0.1, -0.05) is 18.2 Å². The van der Waals surface area contributed by atoms with Crippen molar-refractivity contribution in [1.29, 1.82) is 0 Å². The summed E-state index contributed by atoms with van der Waals surface area (Å²) in [6, 6.07) is 10.2. The standard InChI is InChI=1S/C22H22BrN7S/c1-25-22(31)29-8-6-13(7-9-29)19-18(23)20(24)30-21(28-19)16(12-27-30)15-10-14-4-2-3-5-17(14)26-11-15/h2-5,10-13H,6-9,24H2,1H3,(H,25,31). The predicted octanol–water partition coefficient (Wildman–Crippen LogP) is 3.97. The normalized spacial score (nSPS) is 15.0. The molecule has 0 spiro atoms. The lowest BCUT2D eigenvalue weighted by atomic mass is 9.93. The van der Waals surface area contributed by atoms with Gasteiger partial charge in [-0.25, -0.2) is 4.98 Å². The first kappa shape index (κ1) is 20.1. The van der Waals surface area contributed by atoms with Crippen molar-refractivity contribution in [2.24, 2.45) is 0 Å². The van der Waals surface area contributed by atoms with Gasteiger partial charge >= 0.3 is 0 Å². The van der Waals surface area contributed by atoms with Gasteiger partial charge in [0.05, 0.1) is 21.9 Å². The fraction of sp³-hybridized carbons (Fsp3) is 0.273. The van der Waals surface area contributed by atoms with Crippen LogP contribution in [0.3, 0.4) is 0 Å². The molecule has 3 aromatic heterocycles. The lowest BCUT2D eigenvalue weighted by molar-refractivity contribution is 0.308. The fourth-order valence-electron chi connectivity index (χ4n) is 4.22. The molecule has 3 N–H and O–H groups in total. The number of hydrogen-bond donors (Lipinski definition) is 2. The molecule has 5 rings (SSSR count). The smallest absolute Gasteiger partial charge is 0.168 e. The maximum Gasteiger partial charge on any atom is 0.168 e. The van der Waals surface area contributed by atoms with Crippen LogP contribution in [0.2, 0.25) is 0 Å². The summed E-state index contributed by atoms with van der Waals surface area (Å²) in [6.07, 6.45) is 5.61. The van der Waals surface area contributed by atoms with Crippen LogP contribution in [-0.4, -0.2) is 49.7 Å². The average molecular weight is 496 g/mol. The molecule has 1 fully saturated rings. The van der Waals surface area contributed by atoms with E-state index in [9.17, 15) is 0 Å². The number of nitrogens with two attached hydrogens (primary N) is 1. The van der Waals surface area contributed by atoms with Crippen molar-refractivity contribution >= 4 is 55.6 Å². The van der Waals surface area contributed by atoms with E-state index >= 15 is 0 Å². The van der Waals surface area contributed by atoms with E-state index in [2.05, 4.69) is 48.4 Å². The highest BCUT2D eigenvalue weighted by Crippen LogP contribution is 2.37. The Balaban J connectivity index is 1.55. The summed E-state index contributed by atoms with van der Waals surface area (Å²) >= 11 is 9.07. The Labute approximate surface area is 193 Å². The molecule has 0 amide bonds. The Morgan fingerprint density at radius 2 is 2.00 bits per heavy atom. The van der Waals surface area contributed by atoms with Gasteiger partial charge in [0.1, 0.15) is 5.82 Å². The molecule has 9 heteroatoms. The molecule has 0 radical (unpaired) electrons. The summed E-state index contributed by atoms with van der Waals surface area (Å²) in [5, 5.41) is 9.44. The van der Waals surface area contributed by atoms with E-state index in [4.69, 9.17) is 22.9 Å². The molecule has 1 aliphatic heterocycles. The second kappa shape index (κ2) is 8.05. The Morgan fingerprint density at radius 1 is 1.23 bits per heavy atom. The van der Waals surface area contributed by atoms with Gasteiger partial charge in [-0.3, -0.25) is 4.98 Å². The van der Waals surface area contributed by atoms with Gasteiger partial charge in [-0.05, 0) is 53.1 Å². The number of piperidine rings is 1. The summed E-state index contributed by atoms with van der Waals surface area (Å²) in [7, 11) is 1.87. The molecule has 0 saturated carbocycles. The molecule has 31 heavy (non-hydrogen) atoms. The number of likely N-dealkylation sites (tertiary alicyclic amines) is 1. The molecule has 4 aromatic rings. The van der Waals surface area contributed by atoms with Gasteiger partial charge in [0, 0.05) is 48.8 Å². The monoisotopic (exact) mass is 495 g/mol. The molecule has 7 nitrogen and oxygen atoms in total. The van der Waals surface area contributed by atoms with E-state index in [0.29, 0.717) is 11.7 Å². The van der Waals surface area contributed by atoms with Crippen molar-refractivity contribution in [2.75, 3.05) is 25.9 Å². The minimum absolute atomic E-state index is 0.301. The number of nitrogens with zero attached hydrogens (tertiary/aromatic N) is 5. The Hall–Kier alpha value is -2.78. The summed E-state index contributed by atoms with van der Waals surface area (Å²) in [5.41, 5.74) is 11.1. The first-order valence-electron chi connectivity index (χ1n) is 10.2. The highest BCUT2D eigenvalue weighted by atomic mass is 79.9. The van der Waals surface area contributed by atoms with Crippen LogP contribution in [0.5, 0.6) is 0 Å². The molecule has 4 heterocycles. The second-order valence-corrected chi connectivity index (χ2v) is 8.90. The summed E-state index contributed by atoms with van der Waals surface area (Å²) in [5.74, 6) is 0.864. The minimum atomic E-state index is 0.301. The van der Waals surface area contributed by atoms with Crippen LogP contribution < -0.4 is 11.1 Å². The lowest BCUT2D eigenvalue weighted by Gasteiger charge is -2.33. The van der Waals surface area contributed by atoms with Crippen LogP contribution in [-0.2, 0) is 0 Å². The van der Waals surface area contributed by atoms with Crippen molar-refractivity contribution in [2.45, 2.75) is 18.8 Å². The number of fused-ring (bicyclic) bond motifs is 2. The van der Waals surface area contributed by atoms with E-state index in [1.807, 2.05) is 37.6 Å². The third-order valence-electron chi connectivity index (χ3n) is 5.93. The van der Waals surface area contributed by atoms with E-state index in [0.717, 1.165) is 68.9 Å². The second-order valence-electron chi connectivity index (χ2n) is 7.72. The van der Waals surface area contributed by atoms with Gasteiger partial charge in [0.2, 0.25) is 0 Å². The van der Waals surface area contributed by atoms with Gasteiger partial charge in [-0.15, -0.1) is 0 Å². The molecule has 1 aliphatic rings. The van der Waals surface area contributed by atoms with Crippen LogP contribution in [0.1, 0.15) is 24.5 Å². The Kier molecular flexibility index (Phi) is 5.23. The predicted molar refractivity (Wildman–Crippen MR) is 131 cm³/mol. The molecule has 0 aliphatic carbocycles. The zero-order chi connectivity index (χ0) is 21.5. The van der Waals surface area contributed by atoms with Crippen molar-refractivity contribution < 1.29 is 0 Å². The maximum atomic E-state index is 6.46. The van der Waals surface area contributed by atoms with E-state index in [1.165, 1.54) is 0 Å². The SMILES string of the molecule is CNC(=S)N1CCC(c2nc3c(-c4cnc5ccccc5c4)cnn3c(N)c2Br)CC1. The number of halogens is 1. The highest BCUT2D eigenvalue weighted by Gasteiger charge is 2.27. The van der Waals surface area contributed by atoms with Crippen molar-refractivity contribution in [3.63, 3.8) is 0 Å². The Bertz CT molecular complexity index is 1290. The molecular formula is C22H22BrN7S. The zero-order valence-corrected chi connectivity index (χ0v) is 19.4. The molecule has 0 unspecified atom stereocenters. The third kappa shape index (κ3) is 3.51. The first-order chi connectivity index (χ1) is 15.1. The van der Waals surface area contributed by atoms with Crippen LogP contribution in [0, 0.1) is 0 Å². The van der Waals surface area contributed by atoms with Crippen molar-refractivity contribution in [3.05, 3.63) is 52.9 Å². The molecule has 1 saturated heterocycles. The van der Waals surface area contributed by atoms with Crippen LogP contribution in [0.15, 0.2) is 47.2 Å². The summed E-state index contributed by atoms with van der Waals surface area (Å²) in [6.45, 7) is 1.79. The average Bonchev–Trinajstić information content (AvgIpc) is 3.25. The minimum Gasteiger partial charge on any atom is -0.383 e. The molecular weight excluding hydrogens is 474 g/mol. The number of aromatic nitrogens is 4. The topological polar surface area (TPSA) is 84.4 Å². The van der Waals surface area contributed by atoms with E-state index in [-0.39, 0.29) is 0 Å². The number of nitrogen functional groups attached to an aromatic ring is 1. The number of para-hydroxylation sites is 1. The largest absolute Gasteiger partial charge is 0.383 e.